The van der Waals surface area contributed by atoms with E-state index in [1.165, 1.54) is 15.6 Å². The van der Waals surface area contributed by atoms with Gasteiger partial charge in [0.15, 0.2) is 0 Å². The van der Waals surface area contributed by atoms with E-state index in [-0.39, 0.29) is 12.6 Å². The molecule has 2 fully saturated rings. The van der Waals surface area contributed by atoms with E-state index in [0.29, 0.717) is 10.6 Å². The molecular weight excluding hydrogens is 274 g/mol. The van der Waals surface area contributed by atoms with E-state index in [1.54, 1.807) is 6.07 Å². The van der Waals surface area contributed by atoms with Gasteiger partial charge in [-0.15, -0.1) is 11.3 Å². The number of fused-ring (bicyclic) bond motifs is 2. The second-order valence-electron chi connectivity index (χ2n) is 4.46. The highest BCUT2D eigenvalue weighted by atomic mass is 32.2. The number of ether oxygens (including phenoxy) is 1. The zero-order chi connectivity index (χ0) is 12.9. The van der Waals surface area contributed by atoms with Gasteiger partial charge in [-0.05, 0) is 18.6 Å². The topological polar surface area (TPSA) is 63.7 Å². The largest absolute Gasteiger partial charge is 0.460 e. The Kier molecular flexibility index (Phi) is 2.72. The molecule has 2 aliphatic rings. The number of hydrogen-bond acceptors (Lipinski definition) is 5. The first-order valence-electron chi connectivity index (χ1n) is 5.83. The molecule has 98 valence electrons. The molecule has 0 unspecified atom stereocenters. The molecule has 1 aromatic heterocycles. The Bertz CT molecular complexity index is 592. The molecule has 0 amide bonds. The molecule has 0 radical (unpaired) electrons. The lowest BCUT2D eigenvalue weighted by Gasteiger charge is -2.24. The summed E-state index contributed by atoms with van der Waals surface area (Å²) in [5.74, 6) is -0.415. The summed E-state index contributed by atoms with van der Waals surface area (Å²) >= 11 is 1.27. The molecule has 0 saturated carbocycles. The van der Waals surface area contributed by atoms with Gasteiger partial charge in [-0.2, -0.15) is 4.31 Å². The Labute approximate surface area is 109 Å². The molecule has 7 heteroatoms. The average molecular weight is 287 g/mol. The van der Waals surface area contributed by atoms with Gasteiger partial charge < -0.3 is 4.74 Å². The summed E-state index contributed by atoms with van der Waals surface area (Å²) in [6.45, 7) is 2.27. The van der Waals surface area contributed by atoms with Crippen molar-refractivity contribution in [3.8, 4) is 0 Å². The summed E-state index contributed by atoms with van der Waals surface area (Å²) in [4.78, 5) is 12.5. The summed E-state index contributed by atoms with van der Waals surface area (Å²) in [6, 6.07) is 2.83. The highest BCUT2D eigenvalue weighted by Crippen LogP contribution is 2.35. The number of carbonyl (C=O) groups excluding carboxylic acids is 1. The van der Waals surface area contributed by atoms with Gasteiger partial charge in [0.1, 0.15) is 16.4 Å². The van der Waals surface area contributed by atoms with E-state index in [9.17, 15) is 13.2 Å². The number of thiophene rings is 1. The standard InChI is InChI=1S/C11H13NO4S2/c1-2-8-3-4-10(17-8)18(14,15)12-6-7-5-9(12)11(13)16-7/h3-4,7,9H,2,5-6H2,1H3/t7-,9-/m1/s1. The fraction of sp³-hybridized carbons (Fsp3) is 0.545. The zero-order valence-corrected chi connectivity index (χ0v) is 11.5. The minimum atomic E-state index is -3.54. The fourth-order valence-corrected chi connectivity index (χ4v) is 5.42. The first kappa shape index (κ1) is 12.1. The summed E-state index contributed by atoms with van der Waals surface area (Å²) < 4.78 is 31.5. The van der Waals surface area contributed by atoms with Crippen LogP contribution in [-0.2, 0) is 26.0 Å². The summed E-state index contributed by atoms with van der Waals surface area (Å²) in [6.07, 6.45) is 1.04. The smallest absolute Gasteiger partial charge is 0.324 e. The van der Waals surface area contributed by atoms with Crippen LogP contribution >= 0.6 is 11.3 Å². The third-order valence-electron chi connectivity index (χ3n) is 3.32. The summed E-state index contributed by atoms with van der Waals surface area (Å²) in [5.41, 5.74) is 0. The molecule has 0 aliphatic carbocycles. The molecular formula is C11H13NO4S2. The van der Waals surface area contributed by atoms with Gasteiger partial charge in [-0.1, -0.05) is 6.92 Å². The van der Waals surface area contributed by atoms with Crippen LogP contribution in [0.25, 0.3) is 0 Å². The highest BCUT2D eigenvalue weighted by Gasteiger charge is 2.51. The molecule has 0 aromatic carbocycles. The van der Waals surface area contributed by atoms with Gasteiger partial charge in [-0.3, -0.25) is 4.79 Å². The van der Waals surface area contributed by atoms with Gasteiger partial charge in [-0.25, -0.2) is 8.42 Å². The highest BCUT2D eigenvalue weighted by molar-refractivity contribution is 7.91. The van der Waals surface area contributed by atoms with Crippen molar-refractivity contribution in [1.82, 2.24) is 4.31 Å². The van der Waals surface area contributed by atoms with Crippen molar-refractivity contribution in [1.29, 1.82) is 0 Å². The normalized spacial score (nSPS) is 27.7. The van der Waals surface area contributed by atoms with Crippen LogP contribution in [0.15, 0.2) is 16.3 Å². The van der Waals surface area contributed by atoms with Crippen molar-refractivity contribution in [3.05, 3.63) is 17.0 Å². The first-order valence-corrected chi connectivity index (χ1v) is 8.09. The van der Waals surface area contributed by atoms with E-state index in [2.05, 4.69) is 0 Å². The molecule has 2 saturated heterocycles. The number of rotatable bonds is 3. The Balaban J connectivity index is 1.93. The minimum Gasteiger partial charge on any atom is -0.460 e. The molecule has 3 rings (SSSR count). The van der Waals surface area contributed by atoms with E-state index in [0.717, 1.165) is 11.3 Å². The number of hydrogen-bond donors (Lipinski definition) is 0. The zero-order valence-electron chi connectivity index (χ0n) is 9.83. The number of sulfonamides is 1. The predicted octanol–water partition coefficient (Wildman–Crippen LogP) is 0.999. The van der Waals surface area contributed by atoms with Crippen LogP contribution in [0.4, 0.5) is 0 Å². The monoisotopic (exact) mass is 287 g/mol. The van der Waals surface area contributed by atoms with Crippen LogP contribution in [0.2, 0.25) is 0 Å². The van der Waals surface area contributed by atoms with E-state index in [4.69, 9.17) is 4.74 Å². The average Bonchev–Trinajstić information content (AvgIpc) is 3.02. The number of nitrogens with zero attached hydrogens (tertiary/aromatic N) is 1. The van der Waals surface area contributed by atoms with Crippen molar-refractivity contribution in [3.63, 3.8) is 0 Å². The molecule has 2 bridgehead atoms. The molecule has 2 atom stereocenters. The van der Waals surface area contributed by atoms with Crippen LogP contribution in [0.1, 0.15) is 18.2 Å². The van der Waals surface area contributed by atoms with E-state index in [1.807, 2.05) is 13.0 Å². The SMILES string of the molecule is CCc1ccc(S(=O)(=O)N2C[C@H]3C[C@@H]2C(=O)O3)s1. The van der Waals surface area contributed by atoms with Crippen molar-refractivity contribution in [2.45, 2.75) is 36.1 Å². The number of esters is 1. The van der Waals surface area contributed by atoms with E-state index < -0.39 is 22.0 Å². The minimum absolute atomic E-state index is 0.261. The molecule has 5 nitrogen and oxygen atoms in total. The van der Waals surface area contributed by atoms with Gasteiger partial charge >= 0.3 is 5.97 Å². The van der Waals surface area contributed by atoms with Crippen LogP contribution < -0.4 is 0 Å². The molecule has 1 aromatic rings. The second-order valence-corrected chi connectivity index (χ2v) is 7.75. The fourth-order valence-electron chi connectivity index (χ4n) is 2.38. The Morgan fingerprint density at radius 2 is 2.28 bits per heavy atom. The van der Waals surface area contributed by atoms with Gasteiger partial charge in [0, 0.05) is 11.3 Å². The predicted molar refractivity (Wildman–Crippen MR) is 65.9 cm³/mol. The van der Waals surface area contributed by atoms with Crippen molar-refractivity contribution in [2.24, 2.45) is 0 Å². The van der Waals surface area contributed by atoms with Crippen molar-refractivity contribution in [2.75, 3.05) is 6.54 Å². The van der Waals surface area contributed by atoms with Crippen LogP contribution in [0.5, 0.6) is 0 Å². The maximum Gasteiger partial charge on any atom is 0.324 e. The Morgan fingerprint density at radius 3 is 2.83 bits per heavy atom. The maximum absolute atomic E-state index is 12.4. The lowest BCUT2D eigenvalue weighted by Crippen LogP contribution is -2.43. The number of carbonyl (C=O) groups is 1. The summed E-state index contributed by atoms with van der Waals surface area (Å²) in [5, 5.41) is 0. The first-order chi connectivity index (χ1) is 8.52. The second kappa shape index (κ2) is 4.04. The van der Waals surface area contributed by atoms with Crippen molar-refractivity contribution < 1.29 is 17.9 Å². The molecule has 0 spiro atoms. The van der Waals surface area contributed by atoms with Gasteiger partial charge in [0.25, 0.3) is 10.0 Å². The van der Waals surface area contributed by atoms with E-state index >= 15 is 0 Å². The lowest BCUT2D eigenvalue weighted by atomic mass is 10.2. The quantitative estimate of drug-likeness (QED) is 0.778. The van der Waals surface area contributed by atoms with Crippen LogP contribution in [0, 0.1) is 0 Å². The van der Waals surface area contributed by atoms with Crippen molar-refractivity contribution >= 4 is 27.3 Å². The van der Waals surface area contributed by atoms with Crippen LogP contribution in [0.3, 0.4) is 0 Å². The third-order valence-corrected chi connectivity index (χ3v) is 6.89. The lowest BCUT2D eigenvalue weighted by molar-refractivity contribution is -0.148. The van der Waals surface area contributed by atoms with Gasteiger partial charge in [0.2, 0.25) is 0 Å². The molecule has 18 heavy (non-hydrogen) atoms. The number of aryl methyl sites for hydroxylation is 1. The number of morpholine rings is 1. The summed E-state index contributed by atoms with van der Waals surface area (Å²) in [7, 11) is -3.54. The van der Waals surface area contributed by atoms with Gasteiger partial charge in [0.05, 0.1) is 6.54 Å². The Hall–Kier alpha value is -0.920. The molecule has 0 N–H and O–H groups in total. The third kappa shape index (κ3) is 1.69. The van der Waals surface area contributed by atoms with Crippen LogP contribution in [-0.4, -0.2) is 37.4 Å². The molecule has 2 aliphatic heterocycles. The Morgan fingerprint density at radius 1 is 1.50 bits per heavy atom. The maximum atomic E-state index is 12.4. The molecule has 3 heterocycles.